The zero-order valence-electron chi connectivity index (χ0n) is 17.7. The fourth-order valence-electron chi connectivity index (χ4n) is 2.92. The van der Waals surface area contributed by atoms with Gasteiger partial charge in [-0.1, -0.05) is 32.4 Å². The lowest BCUT2D eigenvalue weighted by molar-refractivity contribution is 0.569. The van der Waals surface area contributed by atoms with Gasteiger partial charge in [0.2, 0.25) is 0 Å². The second-order valence-corrected chi connectivity index (χ2v) is 11.2. The molecule has 0 atom stereocenters. The summed E-state index contributed by atoms with van der Waals surface area (Å²) in [4.78, 5) is 5.51. The number of rotatable bonds is 6. The number of hydrogen-bond acceptors (Lipinski definition) is 4. The Hall–Kier alpha value is -1.93. The van der Waals surface area contributed by atoms with E-state index in [1.165, 1.54) is 0 Å². The molecule has 5 nitrogen and oxygen atoms in total. The first-order valence-corrected chi connectivity index (χ1v) is 12.3. The van der Waals surface area contributed by atoms with Gasteiger partial charge < -0.3 is 0 Å². The number of anilines is 1. The van der Waals surface area contributed by atoms with Crippen LogP contribution < -0.4 is 9.44 Å². The van der Waals surface area contributed by atoms with Gasteiger partial charge in [0.25, 0.3) is 10.2 Å². The SMILES string of the molecule is CC(C)NS(=O)(=O)Nc1ccc(-c2cc(-c3ccnc(C(C)(C)C)c3)cs2)c(Cl)c1. The van der Waals surface area contributed by atoms with Crippen LogP contribution in [0.1, 0.15) is 40.3 Å². The Morgan fingerprint density at radius 2 is 1.80 bits per heavy atom. The van der Waals surface area contributed by atoms with E-state index >= 15 is 0 Å². The van der Waals surface area contributed by atoms with Crippen LogP contribution in [0.3, 0.4) is 0 Å². The van der Waals surface area contributed by atoms with E-state index in [1.807, 2.05) is 18.3 Å². The van der Waals surface area contributed by atoms with Gasteiger partial charge in [0, 0.05) is 33.8 Å². The van der Waals surface area contributed by atoms with Gasteiger partial charge in [-0.25, -0.2) is 0 Å². The van der Waals surface area contributed by atoms with E-state index in [0.29, 0.717) is 10.7 Å². The van der Waals surface area contributed by atoms with Crippen LogP contribution in [-0.2, 0) is 15.6 Å². The monoisotopic (exact) mass is 463 g/mol. The van der Waals surface area contributed by atoms with E-state index in [4.69, 9.17) is 11.6 Å². The van der Waals surface area contributed by atoms with Gasteiger partial charge in [0.15, 0.2) is 0 Å². The summed E-state index contributed by atoms with van der Waals surface area (Å²) in [6.45, 7) is 9.95. The molecule has 160 valence electrons. The van der Waals surface area contributed by atoms with Crippen molar-refractivity contribution < 1.29 is 8.42 Å². The van der Waals surface area contributed by atoms with Crippen molar-refractivity contribution in [3.8, 4) is 21.6 Å². The lowest BCUT2D eigenvalue weighted by Gasteiger charge is -2.18. The minimum absolute atomic E-state index is 0.0221. The molecule has 0 spiro atoms. The maximum Gasteiger partial charge on any atom is 0.299 e. The molecule has 2 aromatic heterocycles. The standard InChI is InChI=1S/C22H26ClN3O2S2/c1-14(2)25-30(27,28)26-17-6-7-18(19(23)12-17)20-10-16(13-29-20)15-8-9-24-21(11-15)22(3,4)5/h6-14,25-26H,1-5H3. The molecule has 1 aromatic carbocycles. The first kappa shape index (κ1) is 22.7. The quantitative estimate of drug-likeness (QED) is 0.465. The maximum atomic E-state index is 12.1. The maximum absolute atomic E-state index is 12.1. The summed E-state index contributed by atoms with van der Waals surface area (Å²) in [6, 6.07) is 11.2. The van der Waals surface area contributed by atoms with Crippen molar-refractivity contribution in [2.75, 3.05) is 4.72 Å². The molecule has 2 heterocycles. The number of pyridine rings is 1. The summed E-state index contributed by atoms with van der Waals surface area (Å²) in [6.07, 6.45) is 1.84. The zero-order chi connectivity index (χ0) is 22.1. The number of hydrogen-bond donors (Lipinski definition) is 2. The normalized spacial score (nSPS) is 12.4. The molecule has 30 heavy (non-hydrogen) atoms. The predicted octanol–water partition coefficient (Wildman–Crippen LogP) is 6.08. The third-order valence-electron chi connectivity index (χ3n) is 4.34. The minimum Gasteiger partial charge on any atom is -0.271 e. The Bertz CT molecular complexity index is 1150. The van der Waals surface area contributed by atoms with Crippen LogP contribution in [0.2, 0.25) is 5.02 Å². The van der Waals surface area contributed by atoms with E-state index in [-0.39, 0.29) is 11.5 Å². The largest absolute Gasteiger partial charge is 0.299 e. The Morgan fingerprint density at radius 1 is 1.07 bits per heavy atom. The molecule has 3 aromatic rings. The first-order chi connectivity index (χ1) is 13.9. The van der Waals surface area contributed by atoms with Crippen molar-refractivity contribution in [1.29, 1.82) is 0 Å². The number of thiophene rings is 1. The Balaban J connectivity index is 1.86. The highest BCUT2D eigenvalue weighted by Gasteiger charge is 2.17. The van der Waals surface area contributed by atoms with Crippen molar-refractivity contribution in [2.24, 2.45) is 0 Å². The molecule has 0 unspecified atom stereocenters. The van der Waals surface area contributed by atoms with Crippen LogP contribution in [0.15, 0.2) is 48.0 Å². The van der Waals surface area contributed by atoms with Crippen molar-refractivity contribution in [3.05, 3.63) is 58.7 Å². The van der Waals surface area contributed by atoms with Gasteiger partial charge in [0.1, 0.15) is 0 Å². The smallest absolute Gasteiger partial charge is 0.271 e. The van der Waals surface area contributed by atoms with Crippen molar-refractivity contribution >= 4 is 38.8 Å². The van der Waals surface area contributed by atoms with E-state index in [1.54, 1.807) is 37.3 Å². The van der Waals surface area contributed by atoms with Crippen molar-refractivity contribution in [3.63, 3.8) is 0 Å². The molecule has 0 radical (unpaired) electrons. The van der Waals surface area contributed by atoms with E-state index in [9.17, 15) is 8.42 Å². The van der Waals surface area contributed by atoms with E-state index in [0.717, 1.165) is 27.3 Å². The second-order valence-electron chi connectivity index (χ2n) is 8.45. The lowest BCUT2D eigenvalue weighted by atomic mass is 9.90. The van der Waals surface area contributed by atoms with Crippen LogP contribution in [0.25, 0.3) is 21.6 Å². The summed E-state index contributed by atoms with van der Waals surface area (Å²) in [5.74, 6) is 0. The van der Waals surface area contributed by atoms with E-state index < -0.39 is 10.2 Å². The first-order valence-electron chi connectivity index (χ1n) is 9.60. The summed E-state index contributed by atoms with van der Waals surface area (Å²) in [5, 5.41) is 2.58. The van der Waals surface area contributed by atoms with E-state index in [2.05, 4.69) is 52.7 Å². The average Bonchev–Trinajstić information content (AvgIpc) is 3.09. The highest BCUT2D eigenvalue weighted by atomic mass is 35.5. The van der Waals surface area contributed by atoms with Crippen LogP contribution >= 0.6 is 22.9 Å². The Labute approximate surface area is 187 Å². The van der Waals surface area contributed by atoms with Crippen LogP contribution in [0, 0.1) is 0 Å². The number of halogens is 1. The molecular formula is C22H26ClN3O2S2. The van der Waals surface area contributed by atoms with Crippen molar-refractivity contribution in [1.82, 2.24) is 9.71 Å². The van der Waals surface area contributed by atoms with Gasteiger partial charge in [-0.15, -0.1) is 11.3 Å². The molecule has 2 N–H and O–H groups in total. The molecular weight excluding hydrogens is 438 g/mol. The highest BCUT2D eigenvalue weighted by Crippen LogP contribution is 2.38. The van der Waals surface area contributed by atoms with Gasteiger partial charge in [-0.05, 0) is 66.8 Å². The summed E-state index contributed by atoms with van der Waals surface area (Å²) >= 11 is 8.08. The second kappa shape index (κ2) is 8.67. The van der Waals surface area contributed by atoms with Crippen LogP contribution in [0.4, 0.5) is 5.69 Å². The third kappa shape index (κ3) is 5.60. The molecule has 0 aliphatic rings. The Morgan fingerprint density at radius 3 is 2.43 bits per heavy atom. The summed E-state index contributed by atoms with van der Waals surface area (Å²) in [5.41, 5.74) is 4.50. The molecule has 3 rings (SSSR count). The topological polar surface area (TPSA) is 71.1 Å². The number of nitrogens with zero attached hydrogens (tertiary/aromatic N) is 1. The third-order valence-corrected chi connectivity index (χ3v) is 6.90. The molecule has 0 aliphatic heterocycles. The van der Waals surface area contributed by atoms with Gasteiger partial charge in [-0.2, -0.15) is 13.1 Å². The molecule has 8 heteroatoms. The lowest BCUT2D eigenvalue weighted by Crippen LogP contribution is -2.35. The fraction of sp³-hybridized carbons (Fsp3) is 0.318. The van der Waals surface area contributed by atoms with Gasteiger partial charge in [0.05, 0.1) is 10.7 Å². The van der Waals surface area contributed by atoms with Crippen LogP contribution in [0.5, 0.6) is 0 Å². The van der Waals surface area contributed by atoms with Gasteiger partial charge >= 0.3 is 0 Å². The Kier molecular flexibility index (Phi) is 6.57. The minimum atomic E-state index is -3.64. The molecule has 0 amide bonds. The average molecular weight is 464 g/mol. The molecule has 0 fully saturated rings. The number of benzene rings is 1. The van der Waals surface area contributed by atoms with Crippen molar-refractivity contribution in [2.45, 2.75) is 46.1 Å². The molecule has 0 saturated carbocycles. The predicted molar refractivity (Wildman–Crippen MR) is 128 cm³/mol. The molecule has 0 aliphatic carbocycles. The molecule has 0 bridgehead atoms. The highest BCUT2D eigenvalue weighted by molar-refractivity contribution is 7.90. The molecule has 0 saturated heterocycles. The van der Waals surface area contributed by atoms with Crippen LogP contribution in [-0.4, -0.2) is 19.4 Å². The summed E-state index contributed by atoms with van der Waals surface area (Å²) < 4.78 is 29.1. The fourth-order valence-corrected chi connectivity index (χ4v) is 5.34. The number of aromatic nitrogens is 1. The van der Waals surface area contributed by atoms with Gasteiger partial charge in [-0.3, -0.25) is 9.71 Å². The zero-order valence-corrected chi connectivity index (χ0v) is 20.0. The summed E-state index contributed by atoms with van der Waals surface area (Å²) in [7, 11) is -3.64. The number of nitrogens with one attached hydrogen (secondary N) is 2.